The maximum atomic E-state index is 8.67. The molecule has 0 aliphatic carbocycles. The first kappa shape index (κ1) is 15.5. The summed E-state index contributed by atoms with van der Waals surface area (Å²) in [5, 5.41) is 12.2. The lowest BCUT2D eigenvalue weighted by atomic mass is 10.1. The molecular weight excluding hydrogens is 242 g/mol. The number of hydrogen-bond acceptors (Lipinski definition) is 3. The van der Waals surface area contributed by atoms with Gasteiger partial charge in [0, 0.05) is 24.9 Å². The predicted octanol–water partition coefficient (Wildman–Crippen LogP) is 3.02. The average molecular weight is 267 g/mol. The van der Waals surface area contributed by atoms with Crippen LogP contribution < -0.4 is 5.32 Å². The fourth-order valence-electron chi connectivity index (χ4n) is 1.78. The first-order valence-electron chi connectivity index (χ1n) is 6.78. The fourth-order valence-corrected chi connectivity index (χ4v) is 2.58. The van der Waals surface area contributed by atoms with Crippen molar-refractivity contribution in [3.05, 3.63) is 35.4 Å². The summed E-state index contributed by atoms with van der Waals surface area (Å²) in [5.41, 5.74) is 2.75. The second-order valence-electron chi connectivity index (χ2n) is 4.46. The van der Waals surface area contributed by atoms with Crippen molar-refractivity contribution in [2.75, 3.05) is 24.7 Å². The molecule has 1 unspecified atom stereocenters. The van der Waals surface area contributed by atoms with Crippen molar-refractivity contribution in [2.45, 2.75) is 32.7 Å². The Morgan fingerprint density at radius 1 is 1.22 bits per heavy atom. The molecule has 0 spiro atoms. The molecule has 0 aliphatic rings. The molecule has 1 aromatic rings. The first-order chi connectivity index (χ1) is 8.77. The van der Waals surface area contributed by atoms with Crippen LogP contribution >= 0.6 is 11.8 Å². The highest BCUT2D eigenvalue weighted by molar-refractivity contribution is 7.99. The van der Waals surface area contributed by atoms with Crippen LogP contribution in [0.5, 0.6) is 0 Å². The summed E-state index contributed by atoms with van der Waals surface area (Å²) in [4.78, 5) is 0. The van der Waals surface area contributed by atoms with Crippen LogP contribution in [0.25, 0.3) is 0 Å². The van der Waals surface area contributed by atoms with Gasteiger partial charge in [-0.1, -0.05) is 31.2 Å². The molecule has 0 bridgehead atoms. The molecule has 0 fully saturated rings. The topological polar surface area (TPSA) is 32.3 Å². The molecule has 3 heteroatoms. The van der Waals surface area contributed by atoms with Gasteiger partial charge in [-0.15, -0.1) is 0 Å². The average Bonchev–Trinajstić information content (AvgIpc) is 2.42. The number of rotatable bonds is 9. The lowest BCUT2D eigenvalue weighted by Crippen LogP contribution is -2.21. The molecule has 0 radical (unpaired) electrons. The SMILES string of the molecule is CCc1ccc(C(C)NCCSCCCO)cc1. The van der Waals surface area contributed by atoms with Crippen molar-refractivity contribution < 1.29 is 5.11 Å². The zero-order valence-electron chi connectivity index (χ0n) is 11.5. The summed E-state index contributed by atoms with van der Waals surface area (Å²) < 4.78 is 0. The third-order valence-corrected chi connectivity index (χ3v) is 4.10. The lowest BCUT2D eigenvalue weighted by Gasteiger charge is -2.14. The molecule has 0 saturated heterocycles. The number of thioether (sulfide) groups is 1. The molecule has 102 valence electrons. The molecule has 0 heterocycles. The molecule has 2 N–H and O–H groups in total. The van der Waals surface area contributed by atoms with Crippen LogP contribution in [0.1, 0.15) is 37.4 Å². The van der Waals surface area contributed by atoms with Gasteiger partial charge in [-0.3, -0.25) is 0 Å². The van der Waals surface area contributed by atoms with E-state index in [0.717, 1.165) is 30.9 Å². The largest absolute Gasteiger partial charge is 0.396 e. The molecule has 1 aromatic carbocycles. The summed E-state index contributed by atoms with van der Waals surface area (Å²) in [7, 11) is 0. The summed E-state index contributed by atoms with van der Waals surface area (Å²) >= 11 is 1.90. The Labute approximate surface area is 115 Å². The van der Waals surface area contributed by atoms with E-state index in [1.54, 1.807) is 0 Å². The van der Waals surface area contributed by atoms with Crippen molar-refractivity contribution in [3.63, 3.8) is 0 Å². The smallest absolute Gasteiger partial charge is 0.0438 e. The molecule has 0 amide bonds. The van der Waals surface area contributed by atoms with Crippen molar-refractivity contribution in [3.8, 4) is 0 Å². The minimum Gasteiger partial charge on any atom is -0.396 e. The van der Waals surface area contributed by atoms with Crippen LogP contribution in [0.2, 0.25) is 0 Å². The first-order valence-corrected chi connectivity index (χ1v) is 7.94. The number of aliphatic hydroxyl groups excluding tert-OH is 1. The number of aliphatic hydroxyl groups is 1. The van der Waals surface area contributed by atoms with Gasteiger partial charge in [0.15, 0.2) is 0 Å². The highest BCUT2D eigenvalue weighted by Gasteiger charge is 2.03. The van der Waals surface area contributed by atoms with E-state index in [1.165, 1.54) is 11.1 Å². The maximum Gasteiger partial charge on any atom is 0.0438 e. The summed E-state index contributed by atoms with van der Waals surface area (Å²) in [6.45, 7) is 5.72. The standard InChI is InChI=1S/C15H25NOS/c1-3-14-5-7-15(8-6-14)13(2)16-9-12-18-11-4-10-17/h5-8,13,16-17H,3-4,9-12H2,1-2H3. The van der Waals surface area contributed by atoms with Gasteiger partial charge < -0.3 is 10.4 Å². The number of nitrogens with one attached hydrogen (secondary N) is 1. The van der Waals surface area contributed by atoms with E-state index in [9.17, 15) is 0 Å². The van der Waals surface area contributed by atoms with Gasteiger partial charge in [-0.25, -0.2) is 0 Å². The molecule has 2 nitrogen and oxygen atoms in total. The van der Waals surface area contributed by atoms with E-state index < -0.39 is 0 Å². The maximum absolute atomic E-state index is 8.67. The van der Waals surface area contributed by atoms with Gasteiger partial charge in [-0.05, 0) is 36.6 Å². The van der Waals surface area contributed by atoms with E-state index in [2.05, 4.69) is 43.4 Å². The van der Waals surface area contributed by atoms with Crippen molar-refractivity contribution >= 4 is 11.8 Å². The summed E-state index contributed by atoms with van der Waals surface area (Å²) in [6, 6.07) is 9.27. The molecule has 0 saturated carbocycles. The predicted molar refractivity (Wildman–Crippen MR) is 81.3 cm³/mol. The quantitative estimate of drug-likeness (QED) is 0.675. The minimum absolute atomic E-state index is 0.306. The zero-order valence-corrected chi connectivity index (χ0v) is 12.3. The Morgan fingerprint density at radius 3 is 2.56 bits per heavy atom. The van der Waals surface area contributed by atoms with Gasteiger partial charge in [0.25, 0.3) is 0 Å². The van der Waals surface area contributed by atoms with E-state index in [0.29, 0.717) is 12.6 Å². The number of aryl methyl sites for hydroxylation is 1. The van der Waals surface area contributed by atoms with Gasteiger partial charge in [0.05, 0.1) is 0 Å². The van der Waals surface area contributed by atoms with Gasteiger partial charge in [0.1, 0.15) is 0 Å². The van der Waals surface area contributed by atoms with E-state index >= 15 is 0 Å². The van der Waals surface area contributed by atoms with Crippen molar-refractivity contribution in [1.82, 2.24) is 5.32 Å². The zero-order chi connectivity index (χ0) is 13.2. The third-order valence-electron chi connectivity index (χ3n) is 3.03. The third kappa shape index (κ3) is 5.89. The highest BCUT2D eigenvalue weighted by Crippen LogP contribution is 2.13. The second-order valence-corrected chi connectivity index (χ2v) is 5.69. The van der Waals surface area contributed by atoms with Gasteiger partial charge >= 0.3 is 0 Å². The second kappa shape index (κ2) is 9.42. The summed E-state index contributed by atoms with van der Waals surface area (Å²) in [5.74, 6) is 2.16. The molecule has 1 rings (SSSR count). The Balaban J connectivity index is 2.21. The van der Waals surface area contributed by atoms with Crippen LogP contribution in [-0.4, -0.2) is 29.8 Å². The highest BCUT2D eigenvalue weighted by atomic mass is 32.2. The van der Waals surface area contributed by atoms with Crippen molar-refractivity contribution in [2.24, 2.45) is 0 Å². The normalized spacial score (nSPS) is 12.6. The van der Waals surface area contributed by atoms with Crippen molar-refractivity contribution in [1.29, 1.82) is 0 Å². The van der Waals surface area contributed by atoms with Crippen LogP contribution in [0.4, 0.5) is 0 Å². The van der Waals surface area contributed by atoms with E-state index in [4.69, 9.17) is 5.11 Å². The molecular formula is C15H25NOS. The van der Waals surface area contributed by atoms with Gasteiger partial charge in [-0.2, -0.15) is 11.8 Å². The van der Waals surface area contributed by atoms with Crippen LogP contribution in [0.15, 0.2) is 24.3 Å². The minimum atomic E-state index is 0.306. The number of hydrogen-bond donors (Lipinski definition) is 2. The van der Waals surface area contributed by atoms with Crippen LogP contribution in [0, 0.1) is 0 Å². The van der Waals surface area contributed by atoms with E-state index in [-0.39, 0.29) is 0 Å². The Morgan fingerprint density at radius 2 is 1.94 bits per heavy atom. The van der Waals surface area contributed by atoms with E-state index in [1.807, 2.05) is 11.8 Å². The van der Waals surface area contributed by atoms with Crippen LogP contribution in [-0.2, 0) is 6.42 Å². The van der Waals surface area contributed by atoms with Gasteiger partial charge in [0.2, 0.25) is 0 Å². The summed E-state index contributed by atoms with van der Waals surface area (Å²) in [6.07, 6.45) is 2.00. The Bertz CT molecular complexity index is 313. The lowest BCUT2D eigenvalue weighted by molar-refractivity contribution is 0.296. The molecule has 18 heavy (non-hydrogen) atoms. The molecule has 1 atom stereocenters. The number of benzene rings is 1. The molecule has 0 aliphatic heterocycles. The Kier molecular flexibility index (Phi) is 8.14. The fraction of sp³-hybridized carbons (Fsp3) is 0.600. The van der Waals surface area contributed by atoms with Crippen LogP contribution in [0.3, 0.4) is 0 Å². The monoisotopic (exact) mass is 267 g/mol. The Hall–Kier alpha value is -0.510. The molecule has 0 aromatic heterocycles.